The van der Waals surface area contributed by atoms with Gasteiger partial charge in [0.15, 0.2) is 0 Å². The molecule has 0 aromatic carbocycles. The lowest BCUT2D eigenvalue weighted by atomic mass is 10.1. The highest BCUT2D eigenvalue weighted by Gasteiger charge is 2.14. The number of hydrogen-bond donors (Lipinski definition) is 1. The molecule has 0 fully saturated rings. The predicted molar refractivity (Wildman–Crippen MR) is 77.4 cm³/mol. The van der Waals surface area contributed by atoms with Gasteiger partial charge in [-0.05, 0) is 39.1 Å². The molecule has 2 heterocycles. The average Bonchev–Trinajstić information content (AvgIpc) is 2.94. The van der Waals surface area contributed by atoms with Gasteiger partial charge in [0.1, 0.15) is 0 Å². The molecule has 3 nitrogen and oxygen atoms in total. The van der Waals surface area contributed by atoms with E-state index in [2.05, 4.69) is 36.4 Å². The summed E-state index contributed by atoms with van der Waals surface area (Å²) in [5, 5.41) is 7.90. The van der Waals surface area contributed by atoms with Crippen molar-refractivity contribution in [2.45, 2.75) is 32.4 Å². The first kappa shape index (κ1) is 13.6. The fourth-order valence-corrected chi connectivity index (χ4v) is 3.01. The van der Waals surface area contributed by atoms with Gasteiger partial charge in [-0.2, -0.15) is 5.10 Å². The van der Waals surface area contributed by atoms with E-state index in [1.807, 2.05) is 24.0 Å². The summed E-state index contributed by atoms with van der Waals surface area (Å²) in [7, 11) is 1.97. The van der Waals surface area contributed by atoms with Crippen molar-refractivity contribution in [1.82, 2.24) is 15.1 Å². The Balaban J connectivity index is 2.10. The van der Waals surface area contributed by atoms with Gasteiger partial charge >= 0.3 is 0 Å². The molecule has 0 bridgehead atoms. The molecule has 2 rings (SSSR count). The molecule has 1 N–H and O–H groups in total. The summed E-state index contributed by atoms with van der Waals surface area (Å²) in [6, 6.07) is 6.78. The third-order valence-corrected chi connectivity index (χ3v) is 4.24. The third-order valence-electron chi connectivity index (χ3n) is 2.89. The number of halogens is 1. The number of rotatable bonds is 5. The third kappa shape index (κ3) is 3.13. The largest absolute Gasteiger partial charge is 0.312 e. The van der Waals surface area contributed by atoms with Crippen LogP contribution in [0.25, 0.3) is 0 Å². The van der Waals surface area contributed by atoms with Crippen LogP contribution in [-0.2, 0) is 6.42 Å². The smallest absolute Gasteiger partial charge is 0.0931 e. The molecule has 0 aliphatic carbocycles. The second-order valence-electron chi connectivity index (χ2n) is 4.57. The van der Waals surface area contributed by atoms with Crippen LogP contribution in [-0.4, -0.2) is 16.8 Å². The highest BCUT2D eigenvalue weighted by Crippen LogP contribution is 2.28. The zero-order chi connectivity index (χ0) is 13.1. The Morgan fingerprint density at radius 2 is 2.17 bits per heavy atom. The number of thiophene rings is 1. The van der Waals surface area contributed by atoms with Gasteiger partial charge in [-0.25, -0.2) is 0 Å². The zero-order valence-corrected chi connectivity index (χ0v) is 12.4. The first-order valence-corrected chi connectivity index (χ1v) is 7.26. The summed E-state index contributed by atoms with van der Waals surface area (Å²) >= 11 is 7.60. The van der Waals surface area contributed by atoms with Gasteiger partial charge in [0.05, 0.1) is 10.0 Å². The first-order valence-electron chi connectivity index (χ1n) is 6.06. The Bertz CT molecular complexity index is 504. The summed E-state index contributed by atoms with van der Waals surface area (Å²) in [4.78, 5) is 1.25. The van der Waals surface area contributed by atoms with Crippen molar-refractivity contribution < 1.29 is 0 Å². The molecule has 18 heavy (non-hydrogen) atoms. The summed E-state index contributed by atoms with van der Waals surface area (Å²) < 4.78 is 2.82. The van der Waals surface area contributed by atoms with Crippen molar-refractivity contribution in [2.75, 3.05) is 7.05 Å². The van der Waals surface area contributed by atoms with Crippen LogP contribution >= 0.6 is 22.9 Å². The summed E-state index contributed by atoms with van der Waals surface area (Å²) in [5.74, 6) is 0. The minimum atomic E-state index is 0.276. The van der Waals surface area contributed by atoms with Crippen LogP contribution in [0.15, 0.2) is 24.4 Å². The van der Waals surface area contributed by atoms with Crippen LogP contribution in [0.5, 0.6) is 0 Å². The molecular weight excluding hydrogens is 266 g/mol. The van der Waals surface area contributed by atoms with Crippen molar-refractivity contribution in [3.8, 4) is 0 Å². The number of hydrogen-bond acceptors (Lipinski definition) is 3. The van der Waals surface area contributed by atoms with Crippen molar-refractivity contribution in [2.24, 2.45) is 0 Å². The quantitative estimate of drug-likeness (QED) is 0.907. The molecule has 1 atom stereocenters. The number of nitrogens with zero attached hydrogens (tertiary/aromatic N) is 2. The van der Waals surface area contributed by atoms with Gasteiger partial charge in [-0.1, -0.05) is 11.6 Å². The Kier molecular flexibility index (Phi) is 4.43. The molecule has 1 unspecified atom stereocenters. The maximum absolute atomic E-state index is 5.98. The topological polar surface area (TPSA) is 29.9 Å². The molecule has 0 saturated carbocycles. The minimum Gasteiger partial charge on any atom is -0.312 e. The molecule has 98 valence electrons. The predicted octanol–water partition coefficient (Wildman–Crippen LogP) is 3.68. The fraction of sp³-hybridized carbons (Fsp3) is 0.462. The van der Waals surface area contributed by atoms with E-state index in [0.29, 0.717) is 6.04 Å². The summed E-state index contributed by atoms with van der Waals surface area (Å²) in [5.41, 5.74) is 1.10. The van der Waals surface area contributed by atoms with Gasteiger partial charge in [0.25, 0.3) is 0 Å². The van der Waals surface area contributed by atoms with E-state index in [1.165, 1.54) is 4.88 Å². The van der Waals surface area contributed by atoms with Gasteiger partial charge in [-0.3, -0.25) is 4.68 Å². The van der Waals surface area contributed by atoms with Gasteiger partial charge in [0, 0.05) is 29.6 Å². The SMILES string of the molecule is CNC(Cc1ccn(C(C)C)n1)c1ccc(Cl)s1. The molecule has 5 heteroatoms. The second-order valence-corrected chi connectivity index (χ2v) is 6.31. The van der Waals surface area contributed by atoms with E-state index in [4.69, 9.17) is 11.6 Å². The van der Waals surface area contributed by atoms with E-state index in [-0.39, 0.29) is 6.04 Å². The van der Waals surface area contributed by atoms with Crippen LogP contribution in [0.3, 0.4) is 0 Å². The summed E-state index contributed by atoms with van der Waals surface area (Å²) in [6.45, 7) is 4.26. The van der Waals surface area contributed by atoms with Gasteiger partial charge < -0.3 is 5.32 Å². The first-order chi connectivity index (χ1) is 8.60. The molecule has 0 aliphatic rings. The van der Waals surface area contributed by atoms with Crippen molar-refractivity contribution in [3.63, 3.8) is 0 Å². The van der Waals surface area contributed by atoms with Crippen LogP contribution in [0, 0.1) is 0 Å². The fourth-order valence-electron chi connectivity index (χ4n) is 1.84. The normalized spacial score (nSPS) is 13.2. The van der Waals surface area contributed by atoms with Crippen LogP contribution in [0.2, 0.25) is 4.34 Å². The molecule has 2 aromatic rings. The second kappa shape index (κ2) is 5.87. The van der Waals surface area contributed by atoms with E-state index in [0.717, 1.165) is 16.5 Å². The van der Waals surface area contributed by atoms with Crippen molar-refractivity contribution >= 4 is 22.9 Å². The monoisotopic (exact) mass is 283 g/mol. The average molecular weight is 284 g/mol. The highest BCUT2D eigenvalue weighted by molar-refractivity contribution is 7.16. The molecular formula is C13H18ClN3S. The van der Waals surface area contributed by atoms with Crippen LogP contribution in [0.4, 0.5) is 0 Å². The van der Waals surface area contributed by atoms with Crippen LogP contribution in [0.1, 0.15) is 36.5 Å². The van der Waals surface area contributed by atoms with Gasteiger partial charge in [0.2, 0.25) is 0 Å². The maximum atomic E-state index is 5.98. The lowest BCUT2D eigenvalue weighted by Gasteiger charge is -2.13. The number of aromatic nitrogens is 2. The lowest BCUT2D eigenvalue weighted by molar-refractivity contribution is 0.516. The zero-order valence-electron chi connectivity index (χ0n) is 10.9. The molecule has 0 radical (unpaired) electrons. The Hall–Kier alpha value is -0.840. The maximum Gasteiger partial charge on any atom is 0.0931 e. The molecule has 0 aliphatic heterocycles. The standard InChI is InChI=1S/C13H18ClN3S/c1-9(2)17-7-6-10(16-17)8-11(15-3)12-4-5-13(14)18-12/h4-7,9,11,15H,8H2,1-3H3. The molecule has 0 amide bonds. The lowest BCUT2D eigenvalue weighted by Crippen LogP contribution is -2.18. The Morgan fingerprint density at radius 3 is 2.67 bits per heavy atom. The molecule has 2 aromatic heterocycles. The summed E-state index contributed by atoms with van der Waals surface area (Å²) in [6.07, 6.45) is 2.92. The van der Waals surface area contributed by atoms with E-state index >= 15 is 0 Å². The van der Waals surface area contributed by atoms with Crippen molar-refractivity contribution in [3.05, 3.63) is 39.3 Å². The highest BCUT2D eigenvalue weighted by atomic mass is 35.5. The Morgan fingerprint density at radius 1 is 1.39 bits per heavy atom. The minimum absolute atomic E-state index is 0.276. The number of likely N-dealkylation sites (N-methyl/N-ethyl adjacent to an activating group) is 1. The van der Waals surface area contributed by atoms with Crippen LogP contribution < -0.4 is 5.32 Å². The number of nitrogens with one attached hydrogen (secondary N) is 1. The van der Waals surface area contributed by atoms with E-state index in [9.17, 15) is 0 Å². The Labute approximate surface area is 117 Å². The molecule has 0 spiro atoms. The van der Waals surface area contributed by atoms with Gasteiger partial charge in [-0.15, -0.1) is 11.3 Å². The van der Waals surface area contributed by atoms with E-state index in [1.54, 1.807) is 11.3 Å². The van der Waals surface area contributed by atoms with E-state index < -0.39 is 0 Å². The van der Waals surface area contributed by atoms with Crippen molar-refractivity contribution in [1.29, 1.82) is 0 Å². The molecule has 0 saturated heterocycles.